The maximum absolute atomic E-state index is 12.5. The molecule has 0 aliphatic carbocycles. The van der Waals surface area contributed by atoms with Crippen molar-refractivity contribution in [1.82, 2.24) is 0 Å². The van der Waals surface area contributed by atoms with Crippen LogP contribution in [-0.4, -0.2) is 13.2 Å². The van der Waals surface area contributed by atoms with E-state index in [0.717, 1.165) is 10.8 Å². The van der Waals surface area contributed by atoms with E-state index in [1.165, 1.54) is 0 Å². The third-order valence-electron chi connectivity index (χ3n) is 2.77. The van der Waals surface area contributed by atoms with Crippen LogP contribution in [0.5, 0.6) is 0 Å². The summed E-state index contributed by atoms with van der Waals surface area (Å²) in [5.74, 6) is 0. The highest BCUT2D eigenvalue weighted by Gasteiger charge is 2.24. The predicted octanol–water partition coefficient (Wildman–Crippen LogP) is 4.02. The number of benzene rings is 2. The molecule has 0 unspecified atom stereocenters. The Labute approximate surface area is 118 Å². The van der Waals surface area contributed by atoms with E-state index in [1.807, 2.05) is 36.4 Å². The number of nitrogen functional groups attached to an aromatic ring is 1. The molecule has 0 atom stereocenters. The lowest BCUT2D eigenvalue weighted by Gasteiger charge is -2.20. The second-order valence-corrected chi connectivity index (χ2v) is 5.97. The van der Waals surface area contributed by atoms with E-state index >= 15 is 0 Å². The molecule has 6 heteroatoms. The van der Waals surface area contributed by atoms with Crippen molar-refractivity contribution in [2.75, 3.05) is 24.0 Å². The summed E-state index contributed by atoms with van der Waals surface area (Å²) in [7, 11) is -3.38. The summed E-state index contributed by atoms with van der Waals surface area (Å²) in [5, 5.41) is 4.83. The minimum absolute atomic E-state index is 0.289. The Balaban J connectivity index is 2.36. The summed E-state index contributed by atoms with van der Waals surface area (Å²) in [4.78, 5) is 0. The molecule has 0 spiro atoms. The van der Waals surface area contributed by atoms with Crippen LogP contribution in [0.4, 0.5) is 11.4 Å². The monoisotopic (exact) mass is 294 g/mol. The summed E-state index contributed by atoms with van der Waals surface area (Å²) in [5.41, 5.74) is 7.04. The van der Waals surface area contributed by atoms with Crippen molar-refractivity contribution in [3.63, 3.8) is 0 Å². The van der Waals surface area contributed by atoms with Gasteiger partial charge in [-0.25, -0.2) is 4.57 Å². The van der Waals surface area contributed by atoms with Crippen molar-refractivity contribution in [2.24, 2.45) is 0 Å². The van der Waals surface area contributed by atoms with Crippen molar-refractivity contribution in [3.05, 3.63) is 36.4 Å². The smallest absolute Gasteiger partial charge is 0.397 e. The zero-order valence-corrected chi connectivity index (χ0v) is 12.5. The van der Waals surface area contributed by atoms with Crippen LogP contribution >= 0.6 is 7.75 Å². The van der Waals surface area contributed by atoms with Crippen LogP contribution in [0, 0.1) is 0 Å². The largest absolute Gasteiger partial charge is 0.432 e. The predicted molar refractivity (Wildman–Crippen MR) is 82.8 cm³/mol. The standard InChI is InChI=1S/C14H19N2O3P/c1-3-18-20(17,19-4-2)16-14-10-12-8-6-5-7-11(12)9-13(14)15/h5-10H,3-4,15H2,1-2H3,(H,16,17). The van der Waals surface area contributed by atoms with Crippen LogP contribution in [0.15, 0.2) is 36.4 Å². The molecule has 0 bridgehead atoms. The average Bonchev–Trinajstić information content (AvgIpc) is 2.40. The molecule has 0 heterocycles. The Kier molecular flexibility index (Phi) is 4.65. The molecule has 0 fully saturated rings. The van der Waals surface area contributed by atoms with Gasteiger partial charge in [0, 0.05) is 0 Å². The third kappa shape index (κ3) is 3.31. The zero-order valence-electron chi connectivity index (χ0n) is 11.6. The van der Waals surface area contributed by atoms with Gasteiger partial charge in [-0.05, 0) is 36.8 Å². The van der Waals surface area contributed by atoms with Crippen LogP contribution in [0.2, 0.25) is 0 Å². The quantitative estimate of drug-likeness (QED) is 0.622. The van der Waals surface area contributed by atoms with Crippen LogP contribution in [0.1, 0.15) is 13.8 Å². The van der Waals surface area contributed by atoms with Gasteiger partial charge in [0.15, 0.2) is 0 Å². The van der Waals surface area contributed by atoms with Gasteiger partial charge < -0.3 is 5.73 Å². The molecule has 0 amide bonds. The van der Waals surface area contributed by atoms with E-state index in [1.54, 1.807) is 13.8 Å². The lowest BCUT2D eigenvalue weighted by Crippen LogP contribution is -2.06. The Morgan fingerprint density at radius 3 is 2.20 bits per heavy atom. The van der Waals surface area contributed by atoms with E-state index in [4.69, 9.17) is 14.8 Å². The summed E-state index contributed by atoms with van der Waals surface area (Å²) in [6.45, 7) is 4.10. The number of fused-ring (bicyclic) bond motifs is 1. The van der Waals surface area contributed by atoms with Gasteiger partial charge >= 0.3 is 7.75 Å². The zero-order chi connectivity index (χ0) is 14.6. The minimum Gasteiger partial charge on any atom is -0.397 e. The summed E-state index contributed by atoms with van der Waals surface area (Å²) >= 11 is 0. The van der Waals surface area contributed by atoms with Gasteiger partial charge in [-0.2, -0.15) is 0 Å². The molecular weight excluding hydrogens is 275 g/mol. The fourth-order valence-electron chi connectivity index (χ4n) is 1.94. The molecule has 0 aromatic heterocycles. The number of hydrogen-bond donors (Lipinski definition) is 2. The molecular formula is C14H19N2O3P. The Bertz CT molecular complexity index is 635. The summed E-state index contributed by atoms with van der Waals surface area (Å²) in [6, 6.07) is 11.5. The lowest BCUT2D eigenvalue weighted by molar-refractivity contribution is 0.225. The Morgan fingerprint density at radius 1 is 1.10 bits per heavy atom. The van der Waals surface area contributed by atoms with Gasteiger partial charge in [-0.15, -0.1) is 0 Å². The summed E-state index contributed by atoms with van der Waals surface area (Å²) in [6.07, 6.45) is 0. The molecule has 2 rings (SSSR count). The van der Waals surface area contributed by atoms with E-state index in [9.17, 15) is 4.57 Å². The first-order valence-electron chi connectivity index (χ1n) is 6.53. The van der Waals surface area contributed by atoms with Gasteiger partial charge in [-0.3, -0.25) is 14.1 Å². The number of hydrogen-bond acceptors (Lipinski definition) is 4. The average molecular weight is 294 g/mol. The Morgan fingerprint density at radius 2 is 1.65 bits per heavy atom. The molecule has 5 nitrogen and oxygen atoms in total. The van der Waals surface area contributed by atoms with Gasteiger partial charge in [0.25, 0.3) is 0 Å². The molecule has 108 valence electrons. The first-order valence-corrected chi connectivity index (χ1v) is 8.08. The third-order valence-corrected chi connectivity index (χ3v) is 4.48. The van der Waals surface area contributed by atoms with Crippen LogP contribution in [0.3, 0.4) is 0 Å². The highest BCUT2D eigenvalue weighted by atomic mass is 31.2. The second kappa shape index (κ2) is 6.27. The maximum Gasteiger partial charge on any atom is 0.432 e. The van der Waals surface area contributed by atoms with Crippen molar-refractivity contribution in [1.29, 1.82) is 0 Å². The maximum atomic E-state index is 12.5. The molecule has 0 saturated heterocycles. The van der Waals surface area contributed by atoms with Crippen molar-refractivity contribution < 1.29 is 13.6 Å². The Hall–Kier alpha value is -1.55. The molecule has 3 N–H and O–H groups in total. The van der Waals surface area contributed by atoms with E-state index in [0.29, 0.717) is 11.4 Å². The number of nitrogens with one attached hydrogen (secondary N) is 1. The van der Waals surface area contributed by atoms with Crippen molar-refractivity contribution >= 4 is 29.9 Å². The van der Waals surface area contributed by atoms with Gasteiger partial charge in [0.05, 0.1) is 24.6 Å². The van der Waals surface area contributed by atoms with Crippen LogP contribution < -0.4 is 10.8 Å². The number of rotatable bonds is 6. The lowest BCUT2D eigenvalue weighted by atomic mass is 10.1. The van der Waals surface area contributed by atoms with E-state index in [-0.39, 0.29) is 13.2 Å². The van der Waals surface area contributed by atoms with E-state index in [2.05, 4.69) is 5.09 Å². The van der Waals surface area contributed by atoms with Crippen molar-refractivity contribution in [2.45, 2.75) is 13.8 Å². The minimum atomic E-state index is -3.38. The van der Waals surface area contributed by atoms with E-state index < -0.39 is 7.75 Å². The molecule has 2 aromatic rings. The first kappa shape index (κ1) is 14.9. The second-order valence-electron chi connectivity index (χ2n) is 4.23. The molecule has 2 aromatic carbocycles. The highest BCUT2D eigenvalue weighted by Crippen LogP contribution is 2.49. The van der Waals surface area contributed by atoms with Crippen molar-refractivity contribution in [3.8, 4) is 0 Å². The SMILES string of the molecule is CCOP(=O)(Nc1cc2ccccc2cc1N)OCC. The topological polar surface area (TPSA) is 73.6 Å². The number of anilines is 2. The molecule has 0 radical (unpaired) electrons. The fourth-order valence-corrected chi connectivity index (χ4v) is 3.32. The van der Waals surface area contributed by atoms with Crippen LogP contribution in [0.25, 0.3) is 10.8 Å². The fraction of sp³-hybridized carbons (Fsp3) is 0.286. The van der Waals surface area contributed by atoms with Gasteiger partial charge in [0.2, 0.25) is 0 Å². The molecule has 0 saturated carbocycles. The highest BCUT2D eigenvalue weighted by molar-refractivity contribution is 7.55. The molecule has 0 aliphatic rings. The number of nitrogens with two attached hydrogens (primary N) is 1. The molecule has 20 heavy (non-hydrogen) atoms. The summed E-state index contributed by atoms with van der Waals surface area (Å²) < 4.78 is 22.9. The molecule has 0 aliphatic heterocycles. The first-order chi connectivity index (χ1) is 9.58. The van der Waals surface area contributed by atoms with Gasteiger partial charge in [0.1, 0.15) is 0 Å². The normalized spacial score (nSPS) is 11.7. The van der Waals surface area contributed by atoms with Crippen LogP contribution in [-0.2, 0) is 13.6 Å². The van der Waals surface area contributed by atoms with Gasteiger partial charge in [-0.1, -0.05) is 24.3 Å².